The highest BCUT2D eigenvalue weighted by Gasteiger charge is 2.33. The van der Waals surface area contributed by atoms with Crippen molar-refractivity contribution in [2.24, 2.45) is 4.99 Å². The van der Waals surface area contributed by atoms with E-state index in [1.54, 1.807) is 11.3 Å². The summed E-state index contributed by atoms with van der Waals surface area (Å²) in [5.74, 6) is 0. The van der Waals surface area contributed by atoms with Crippen molar-refractivity contribution in [3.63, 3.8) is 0 Å². The number of hydrogen-bond acceptors (Lipinski definition) is 4. The van der Waals surface area contributed by atoms with Gasteiger partial charge in [-0.05, 0) is 59.2 Å². The van der Waals surface area contributed by atoms with Crippen LogP contribution in [0.4, 0.5) is 0 Å². The van der Waals surface area contributed by atoms with Gasteiger partial charge >= 0.3 is 0 Å². The number of halogens is 1. The molecule has 2 aliphatic rings. The van der Waals surface area contributed by atoms with Gasteiger partial charge in [0.25, 0.3) is 5.56 Å². The van der Waals surface area contributed by atoms with Crippen molar-refractivity contribution in [3.05, 3.63) is 154 Å². The average Bonchev–Trinajstić information content (AvgIpc) is 3.73. The van der Waals surface area contributed by atoms with Crippen molar-refractivity contribution in [1.29, 1.82) is 0 Å². The number of fused-ring (bicyclic) bond motifs is 4. The fraction of sp³-hybridized carbons (Fsp3) is 0.118. The lowest BCUT2D eigenvalue weighted by Gasteiger charge is -2.30. The Kier molecular flexibility index (Phi) is 5.95. The van der Waals surface area contributed by atoms with Crippen LogP contribution in [-0.4, -0.2) is 9.13 Å². The zero-order valence-corrected chi connectivity index (χ0v) is 24.3. The topological polar surface area (TPSA) is 39.3 Å². The number of allylic oxidation sites excluding steroid dienone is 1. The Morgan fingerprint density at radius 3 is 2.66 bits per heavy atom. The SMILES string of the molecule is O=c1/c(=C/c2cn(Cc3ccccc3Cl)c3ccccc23)sc2n1[C@H](c1cccs1)C1=C(N=2)c2ccccc2CC1. The predicted octanol–water partition coefficient (Wildman–Crippen LogP) is 7.04. The van der Waals surface area contributed by atoms with Crippen LogP contribution in [0.5, 0.6) is 0 Å². The summed E-state index contributed by atoms with van der Waals surface area (Å²) in [6, 6.07) is 28.9. The highest BCUT2D eigenvalue weighted by atomic mass is 35.5. The molecular weight excluding hydrogens is 566 g/mol. The van der Waals surface area contributed by atoms with E-state index in [2.05, 4.69) is 70.7 Å². The van der Waals surface area contributed by atoms with Crippen LogP contribution < -0.4 is 14.9 Å². The molecule has 0 N–H and O–H groups in total. The van der Waals surface area contributed by atoms with E-state index in [0.29, 0.717) is 11.1 Å². The first-order valence-electron chi connectivity index (χ1n) is 13.6. The molecule has 200 valence electrons. The lowest BCUT2D eigenvalue weighted by Crippen LogP contribution is -2.38. The minimum Gasteiger partial charge on any atom is -0.342 e. The Morgan fingerprint density at radius 1 is 0.951 bits per heavy atom. The molecule has 0 saturated heterocycles. The number of hydrogen-bond donors (Lipinski definition) is 0. The monoisotopic (exact) mass is 589 g/mol. The summed E-state index contributed by atoms with van der Waals surface area (Å²) in [6.07, 6.45) is 6.03. The number of benzene rings is 3. The van der Waals surface area contributed by atoms with Gasteiger partial charge < -0.3 is 4.57 Å². The molecule has 1 aliphatic carbocycles. The largest absolute Gasteiger partial charge is 0.342 e. The number of rotatable bonds is 4. The molecule has 0 amide bonds. The number of nitrogens with zero attached hydrogens (tertiary/aromatic N) is 3. The quantitative estimate of drug-likeness (QED) is 0.217. The Morgan fingerprint density at radius 2 is 1.78 bits per heavy atom. The zero-order valence-electron chi connectivity index (χ0n) is 22.0. The molecule has 1 aliphatic heterocycles. The molecule has 0 fully saturated rings. The molecule has 0 radical (unpaired) electrons. The van der Waals surface area contributed by atoms with Crippen molar-refractivity contribution in [3.8, 4) is 0 Å². The number of aryl methyl sites for hydroxylation is 1. The predicted molar refractivity (Wildman–Crippen MR) is 170 cm³/mol. The van der Waals surface area contributed by atoms with Gasteiger partial charge in [-0.15, -0.1) is 11.3 Å². The second-order valence-corrected chi connectivity index (χ2v) is 12.8. The van der Waals surface area contributed by atoms with Crippen LogP contribution in [0, 0.1) is 0 Å². The van der Waals surface area contributed by atoms with E-state index in [0.717, 1.165) is 50.4 Å². The molecule has 4 heterocycles. The molecule has 0 bridgehead atoms. The molecular formula is C34H24ClN3OS2. The van der Waals surface area contributed by atoms with Crippen LogP contribution in [0.25, 0.3) is 22.7 Å². The molecule has 6 aromatic rings. The number of thiazole rings is 1. The standard InChI is InChI=1S/C34H24ClN3OS2/c35-27-12-5-2-9-22(27)19-37-20-23(24-10-4-6-13-28(24)37)18-30-33(39)38-32(29-14-7-17-40-29)26-16-15-21-8-1-3-11-25(21)31(26)36-34(38)41-30/h1-14,17-18,20,32H,15-16,19H2/b30-18-/t32-/m0/s1. The van der Waals surface area contributed by atoms with Crippen molar-refractivity contribution in [2.75, 3.05) is 0 Å². The Hall–Kier alpha value is -3.97. The molecule has 0 spiro atoms. The third kappa shape index (κ3) is 4.09. The zero-order chi connectivity index (χ0) is 27.5. The number of thiophene rings is 1. The van der Waals surface area contributed by atoms with Crippen molar-refractivity contribution >= 4 is 57.0 Å². The minimum atomic E-state index is -0.127. The third-order valence-corrected chi connectivity index (χ3v) is 10.4. The van der Waals surface area contributed by atoms with Gasteiger partial charge in [-0.25, -0.2) is 4.99 Å². The smallest absolute Gasteiger partial charge is 0.271 e. The first kappa shape index (κ1) is 24.8. The Labute approximate surface area is 249 Å². The van der Waals surface area contributed by atoms with Crippen molar-refractivity contribution in [1.82, 2.24) is 9.13 Å². The molecule has 41 heavy (non-hydrogen) atoms. The first-order chi connectivity index (χ1) is 20.2. The highest BCUT2D eigenvalue weighted by Crippen LogP contribution is 2.42. The van der Waals surface area contributed by atoms with Gasteiger partial charge in [-0.2, -0.15) is 0 Å². The molecule has 0 saturated carbocycles. The molecule has 7 heteroatoms. The molecule has 3 aromatic heterocycles. The Bertz CT molecular complexity index is 2180. The van der Waals surface area contributed by atoms with Crippen LogP contribution >= 0.6 is 34.3 Å². The van der Waals surface area contributed by atoms with E-state index in [4.69, 9.17) is 16.6 Å². The normalized spacial score (nSPS) is 16.4. The fourth-order valence-electron chi connectivity index (χ4n) is 6.19. The van der Waals surface area contributed by atoms with E-state index in [9.17, 15) is 4.79 Å². The van der Waals surface area contributed by atoms with Crippen LogP contribution in [0.15, 0.2) is 112 Å². The molecule has 3 aromatic carbocycles. The van der Waals surface area contributed by atoms with Gasteiger partial charge in [-0.3, -0.25) is 9.36 Å². The van der Waals surface area contributed by atoms with Crippen LogP contribution in [-0.2, 0) is 13.0 Å². The third-order valence-electron chi connectivity index (χ3n) is 8.09. The van der Waals surface area contributed by atoms with Crippen LogP contribution in [0.2, 0.25) is 5.02 Å². The summed E-state index contributed by atoms with van der Waals surface area (Å²) in [5, 5.41) is 3.95. The lowest BCUT2D eigenvalue weighted by atomic mass is 9.85. The van der Waals surface area contributed by atoms with E-state index in [1.165, 1.54) is 32.9 Å². The van der Waals surface area contributed by atoms with Gasteiger partial charge in [-0.1, -0.05) is 89.7 Å². The highest BCUT2D eigenvalue weighted by molar-refractivity contribution is 7.10. The minimum absolute atomic E-state index is 0.0143. The van der Waals surface area contributed by atoms with Gasteiger partial charge in [0.05, 0.1) is 16.3 Å². The number of para-hydroxylation sites is 1. The first-order valence-corrected chi connectivity index (χ1v) is 15.7. The van der Waals surface area contributed by atoms with E-state index in [1.807, 2.05) is 41.0 Å². The van der Waals surface area contributed by atoms with Gasteiger partial charge in [0.15, 0.2) is 4.80 Å². The summed E-state index contributed by atoms with van der Waals surface area (Å²) < 4.78 is 4.83. The van der Waals surface area contributed by atoms with Crippen molar-refractivity contribution < 1.29 is 0 Å². The van der Waals surface area contributed by atoms with E-state index >= 15 is 0 Å². The maximum absolute atomic E-state index is 14.2. The summed E-state index contributed by atoms with van der Waals surface area (Å²) in [4.78, 5) is 21.2. The van der Waals surface area contributed by atoms with Gasteiger partial charge in [0.1, 0.15) is 0 Å². The summed E-state index contributed by atoms with van der Waals surface area (Å²) in [7, 11) is 0. The van der Waals surface area contributed by atoms with Crippen molar-refractivity contribution in [2.45, 2.75) is 25.4 Å². The summed E-state index contributed by atoms with van der Waals surface area (Å²) in [5.41, 5.74) is 7.98. The summed E-state index contributed by atoms with van der Waals surface area (Å²) in [6.45, 7) is 0.653. The van der Waals surface area contributed by atoms with E-state index in [-0.39, 0.29) is 11.6 Å². The molecule has 8 rings (SSSR count). The lowest BCUT2D eigenvalue weighted by molar-refractivity contribution is 0.593. The van der Waals surface area contributed by atoms with Gasteiger partial charge in [0, 0.05) is 44.7 Å². The maximum Gasteiger partial charge on any atom is 0.271 e. The Balaban J connectivity index is 1.32. The second kappa shape index (κ2) is 9.84. The summed E-state index contributed by atoms with van der Waals surface area (Å²) >= 11 is 9.69. The fourth-order valence-corrected chi connectivity index (χ4v) is 8.23. The van der Waals surface area contributed by atoms with Gasteiger partial charge in [0.2, 0.25) is 0 Å². The maximum atomic E-state index is 14.2. The number of aromatic nitrogens is 2. The van der Waals surface area contributed by atoms with Crippen LogP contribution in [0.3, 0.4) is 0 Å². The van der Waals surface area contributed by atoms with E-state index < -0.39 is 0 Å². The second-order valence-electron chi connectivity index (χ2n) is 10.5. The molecule has 0 unspecified atom stereocenters. The molecule has 1 atom stereocenters. The van der Waals surface area contributed by atoms with Crippen LogP contribution in [0.1, 0.15) is 39.6 Å². The average molecular weight is 590 g/mol. The molecule has 4 nitrogen and oxygen atoms in total.